The number of hydrogen-bond donors (Lipinski definition) is 2. The van der Waals surface area contributed by atoms with E-state index in [2.05, 4.69) is 5.32 Å². The van der Waals surface area contributed by atoms with Gasteiger partial charge in [0.1, 0.15) is 0 Å². The number of anilines is 1. The minimum Gasteiger partial charge on any atom is -0.399 e. The molecule has 10 heteroatoms. The average molecular weight is 342 g/mol. The van der Waals surface area contributed by atoms with Crippen LogP contribution < -0.4 is 11.1 Å². The molecule has 0 bridgehead atoms. The largest absolute Gasteiger partial charge is 0.441 e. The van der Waals surface area contributed by atoms with Crippen LogP contribution in [0.25, 0.3) is 0 Å². The summed E-state index contributed by atoms with van der Waals surface area (Å²) in [5, 5.41) is 2.27. The van der Waals surface area contributed by atoms with Gasteiger partial charge in [0.05, 0.1) is 4.90 Å². The number of amides is 1. The van der Waals surface area contributed by atoms with Crippen LogP contribution in [0.2, 0.25) is 0 Å². The number of rotatable bonds is 5. The van der Waals surface area contributed by atoms with E-state index in [1.54, 1.807) is 0 Å². The number of nitrogens with one attached hydrogen (secondary N) is 1. The summed E-state index contributed by atoms with van der Waals surface area (Å²) >= 11 is -0.254. The van der Waals surface area contributed by atoms with Crippen molar-refractivity contribution in [3.8, 4) is 0 Å². The lowest BCUT2D eigenvalue weighted by atomic mass is 10.2. The Morgan fingerprint density at radius 2 is 1.95 bits per heavy atom. The Bertz CT molecular complexity index is 630. The molecule has 21 heavy (non-hydrogen) atoms. The van der Waals surface area contributed by atoms with E-state index in [0.29, 0.717) is 0 Å². The zero-order chi connectivity index (χ0) is 16.3. The highest BCUT2D eigenvalue weighted by Crippen LogP contribution is 2.29. The van der Waals surface area contributed by atoms with Crippen molar-refractivity contribution in [3.05, 3.63) is 23.8 Å². The first-order valence-corrected chi connectivity index (χ1v) is 8.46. The first-order valence-electron chi connectivity index (χ1n) is 5.58. The van der Waals surface area contributed by atoms with Gasteiger partial charge in [-0.2, -0.15) is 13.2 Å². The molecule has 0 fully saturated rings. The fourth-order valence-electron chi connectivity index (χ4n) is 1.40. The molecule has 0 saturated carbocycles. The number of carbonyl (C=O) groups excluding carboxylic acids is 1. The molecule has 0 aliphatic rings. The molecule has 118 valence electrons. The zero-order valence-corrected chi connectivity index (χ0v) is 12.5. The van der Waals surface area contributed by atoms with Crippen LogP contribution in [0.5, 0.6) is 0 Å². The number of nitrogen functional groups attached to an aromatic ring is 1. The SMILES string of the molecule is CS(=O)(=O)c1cc(N)cc(C(=O)NCCSC(F)(F)F)c1. The highest BCUT2D eigenvalue weighted by atomic mass is 32.2. The summed E-state index contributed by atoms with van der Waals surface area (Å²) in [6.07, 6.45) is 0.962. The van der Waals surface area contributed by atoms with Crippen LogP contribution in [0.15, 0.2) is 23.1 Å². The van der Waals surface area contributed by atoms with Crippen LogP contribution in [0, 0.1) is 0 Å². The lowest BCUT2D eigenvalue weighted by molar-refractivity contribution is -0.0327. The van der Waals surface area contributed by atoms with Crippen molar-refractivity contribution >= 4 is 33.2 Å². The summed E-state index contributed by atoms with van der Waals surface area (Å²) < 4.78 is 58.6. The quantitative estimate of drug-likeness (QED) is 0.627. The molecule has 0 unspecified atom stereocenters. The lowest BCUT2D eigenvalue weighted by Gasteiger charge is -2.09. The standard InChI is InChI=1S/C11H13F3N2O3S2/c1-21(18,19)9-5-7(4-8(15)6-9)10(17)16-2-3-20-11(12,13)14/h4-6H,2-3,15H2,1H3,(H,16,17). The van der Waals surface area contributed by atoms with Crippen LogP contribution in [0.1, 0.15) is 10.4 Å². The fraction of sp³-hybridized carbons (Fsp3) is 0.364. The van der Waals surface area contributed by atoms with Gasteiger partial charge in [0, 0.05) is 29.8 Å². The van der Waals surface area contributed by atoms with Crippen molar-refractivity contribution in [1.82, 2.24) is 5.32 Å². The van der Waals surface area contributed by atoms with Crippen molar-refractivity contribution in [3.63, 3.8) is 0 Å². The summed E-state index contributed by atoms with van der Waals surface area (Å²) in [6, 6.07) is 3.57. The van der Waals surface area contributed by atoms with Crippen molar-refractivity contribution < 1.29 is 26.4 Å². The van der Waals surface area contributed by atoms with E-state index in [1.165, 1.54) is 12.1 Å². The minimum absolute atomic E-state index is 0.0209. The van der Waals surface area contributed by atoms with Crippen LogP contribution in [-0.4, -0.2) is 38.4 Å². The fourth-order valence-corrected chi connectivity index (χ4v) is 2.53. The first-order chi connectivity index (χ1) is 9.49. The number of nitrogens with two attached hydrogens (primary N) is 1. The Kier molecular flexibility index (Phi) is 5.51. The van der Waals surface area contributed by atoms with Crippen LogP contribution in [0.4, 0.5) is 18.9 Å². The van der Waals surface area contributed by atoms with E-state index in [0.717, 1.165) is 12.3 Å². The molecule has 0 spiro atoms. The maximum atomic E-state index is 11.9. The predicted molar refractivity (Wildman–Crippen MR) is 74.8 cm³/mol. The van der Waals surface area contributed by atoms with Gasteiger partial charge in [0.25, 0.3) is 5.91 Å². The summed E-state index contributed by atoms with van der Waals surface area (Å²) in [5.41, 5.74) is 1.21. The molecular weight excluding hydrogens is 329 g/mol. The van der Waals surface area contributed by atoms with Crippen LogP contribution >= 0.6 is 11.8 Å². The average Bonchev–Trinajstić information content (AvgIpc) is 2.31. The van der Waals surface area contributed by atoms with Gasteiger partial charge in [-0.05, 0) is 30.0 Å². The highest BCUT2D eigenvalue weighted by Gasteiger charge is 2.27. The molecule has 0 atom stereocenters. The third-order valence-corrected chi connectivity index (χ3v) is 4.10. The van der Waals surface area contributed by atoms with Gasteiger partial charge in [0.15, 0.2) is 9.84 Å². The Morgan fingerprint density at radius 3 is 2.48 bits per heavy atom. The molecule has 1 amide bonds. The molecule has 3 N–H and O–H groups in total. The summed E-state index contributed by atoms with van der Waals surface area (Å²) in [4.78, 5) is 11.6. The van der Waals surface area contributed by atoms with E-state index in [-0.39, 0.29) is 40.2 Å². The van der Waals surface area contributed by atoms with Crippen LogP contribution in [-0.2, 0) is 9.84 Å². The first kappa shape index (κ1) is 17.6. The second-order valence-corrected chi connectivity index (χ2v) is 7.29. The third-order valence-electron chi connectivity index (χ3n) is 2.27. The number of carbonyl (C=O) groups is 1. The van der Waals surface area contributed by atoms with Gasteiger partial charge in [-0.3, -0.25) is 4.79 Å². The molecule has 1 rings (SSSR count). The number of benzene rings is 1. The van der Waals surface area contributed by atoms with E-state index >= 15 is 0 Å². The smallest absolute Gasteiger partial charge is 0.399 e. The Morgan fingerprint density at radius 1 is 1.33 bits per heavy atom. The predicted octanol–water partition coefficient (Wildman–Crippen LogP) is 1.66. The zero-order valence-electron chi connectivity index (χ0n) is 10.9. The lowest BCUT2D eigenvalue weighted by Crippen LogP contribution is -2.26. The van der Waals surface area contributed by atoms with Crippen molar-refractivity contribution in [2.24, 2.45) is 0 Å². The molecule has 5 nitrogen and oxygen atoms in total. The summed E-state index contributed by atoms with van der Waals surface area (Å²) in [7, 11) is -3.54. The molecule has 1 aromatic rings. The Hall–Kier alpha value is -1.42. The summed E-state index contributed by atoms with van der Waals surface area (Å²) in [6.45, 7) is -0.202. The van der Waals surface area contributed by atoms with Crippen molar-refractivity contribution in [1.29, 1.82) is 0 Å². The Balaban J connectivity index is 2.73. The van der Waals surface area contributed by atoms with Gasteiger partial charge in [-0.1, -0.05) is 0 Å². The summed E-state index contributed by atoms with van der Waals surface area (Å²) in [5.74, 6) is -1.02. The van der Waals surface area contributed by atoms with Gasteiger partial charge < -0.3 is 11.1 Å². The van der Waals surface area contributed by atoms with E-state index in [4.69, 9.17) is 5.73 Å². The number of sulfone groups is 1. The number of hydrogen-bond acceptors (Lipinski definition) is 5. The molecule has 0 saturated heterocycles. The van der Waals surface area contributed by atoms with E-state index in [9.17, 15) is 26.4 Å². The van der Waals surface area contributed by atoms with Gasteiger partial charge in [-0.15, -0.1) is 0 Å². The van der Waals surface area contributed by atoms with Gasteiger partial charge in [-0.25, -0.2) is 8.42 Å². The van der Waals surface area contributed by atoms with Crippen LogP contribution in [0.3, 0.4) is 0 Å². The maximum absolute atomic E-state index is 11.9. The number of thioether (sulfide) groups is 1. The van der Waals surface area contributed by atoms with E-state index in [1.807, 2.05) is 0 Å². The molecule has 0 heterocycles. The monoisotopic (exact) mass is 342 g/mol. The molecule has 0 aliphatic carbocycles. The van der Waals surface area contributed by atoms with Gasteiger partial charge in [0.2, 0.25) is 0 Å². The Labute approximate surface area is 124 Å². The van der Waals surface area contributed by atoms with Gasteiger partial charge >= 0.3 is 5.51 Å². The van der Waals surface area contributed by atoms with Crippen molar-refractivity contribution in [2.75, 3.05) is 24.3 Å². The maximum Gasteiger partial charge on any atom is 0.441 e. The molecule has 0 aliphatic heterocycles. The van der Waals surface area contributed by atoms with Crippen molar-refractivity contribution in [2.45, 2.75) is 10.4 Å². The molecule has 0 radical (unpaired) electrons. The normalized spacial score (nSPS) is 12.2. The van der Waals surface area contributed by atoms with E-state index < -0.39 is 21.3 Å². The number of alkyl halides is 3. The topological polar surface area (TPSA) is 89.3 Å². The second kappa shape index (κ2) is 6.56. The molecular formula is C11H13F3N2O3S2. The highest BCUT2D eigenvalue weighted by molar-refractivity contribution is 8.00. The minimum atomic E-state index is -4.36. The molecule has 0 aromatic heterocycles. The third kappa shape index (κ3) is 6.25. The second-order valence-electron chi connectivity index (χ2n) is 4.11. The molecule has 1 aromatic carbocycles. The number of halogens is 3.